The highest BCUT2D eigenvalue weighted by Crippen LogP contribution is 2.09. The summed E-state index contributed by atoms with van der Waals surface area (Å²) in [6.45, 7) is 3.70. The molecule has 0 aliphatic heterocycles. The van der Waals surface area contributed by atoms with Gasteiger partial charge >= 0.3 is 0 Å². The molecule has 100 valence electrons. The first kappa shape index (κ1) is 14.7. The van der Waals surface area contributed by atoms with Gasteiger partial charge in [-0.1, -0.05) is 19.1 Å². The molecule has 1 aromatic carbocycles. The van der Waals surface area contributed by atoms with Crippen molar-refractivity contribution >= 4 is 21.4 Å². The Hall–Kier alpha value is -1.40. The second kappa shape index (κ2) is 6.51. The number of hydrogen-bond donors (Lipinski definition) is 2. The van der Waals surface area contributed by atoms with E-state index in [9.17, 15) is 13.2 Å². The van der Waals surface area contributed by atoms with Gasteiger partial charge in [-0.2, -0.15) is 0 Å². The van der Waals surface area contributed by atoms with E-state index in [4.69, 9.17) is 0 Å². The van der Waals surface area contributed by atoms with E-state index in [0.29, 0.717) is 5.69 Å². The van der Waals surface area contributed by atoms with Crippen LogP contribution in [-0.4, -0.2) is 32.9 Å². The second-order valence-electron chi connectivity index (χ2n) is 4.10. The van der Waals surface area contributed by atoms with E-state index < -0.39 is 21.5 Å². The topological polar surface area (TPSA) is 75.3 Å². The smallest absolute Gasteiger partial charge is 0.239 e. The van der Waals surface area contributed by atoms with Gasteiger partial charge in [0, 0.05) is 18.5 Å². The van der Waals surface area contributed by atoms with Crippen molar-refractivity contribution in [2.45, 2.75) is 13.5 Å². The van der Waals surface area contributed by atoms with Crippen molar-refractivity contribution in [1.82, 2.24) is 5.32 Å². The minimum Gasteiger partial charge on any atom is -0.325 e. The number of nitrogens with one attached hydrogen (secondary N) is 2. The maximum atomic E-state index is 11.4. The van der Waals surface area contributed by atoms with Gasteiger partial charge in [-0.05, 0) is 24.2 Å². The van der Waals surface area contributed by atoms with Gasteiger partial charge in [0.2, 0.25) is 5.91 Å². The fourth-order valence-electron chi connectivity index (χ4n) is 1.41. The van der Waals surface area contributed by atoms with Crippen LogP contribution in [0.15, 0.2) is 24.3 Å². The Morgan fingerprint density at radius 1 is 1.22 bits per heavy atom. The number of anilines is 1. The number of carbonyl (C=O) groups excluding carboxylic acids is 1. The van der Waals surface area contributed by atoms with Gasteiger partial charge in [0.15, 0.2) is 9.84 Å². The van der Waals surface area contributed by atoms with Gasteiger partial charge in [0.05, 0.1) is 0 Å². The highest BCUT2D eigenvalue weighted by molar-refractivity contribution is 7.91. The third-order valence-corrected chi connectivity index (χ3v) is 3.00. The Kier molecular flexibility index (Phi) is 5.30. The summed E-state index contributed by atoms with van der Waals surface area (Å²) in [5, 5.41) is 5.73. The molecule has 0 aliphatic carbocycles. The molecule has 0 aromatic heterocycles. The molecule has 0 saturated carbocycles. The van der Waals surface area contributed by atoms with E-state index in [2.05, 4.69) is 10.6 Å². The Bertz CT molecular complexity index is 495. The molecule has 0 fully saturated rings. The Morgan fingerprint density at radius 3 is 2.33 bits per heavy atom. The lowest BCUT2D eigenvalue weighted by Crippen LogP contribution is -2.21. The first-order valence-corrected chi connectivity index (χ1v) is 7.74. The van der Waals surface area contributed by atoms with Crippen LogP contribution in [0.25, 0.3) is 0 Å². The summed E-state index contributed by atoms with van der Waals surface area (Å²) in [4.78, 5) is 11.4. The molecule has 18 heavy (non-hydrogen) atoms. The molecule has 0 radical (unpaired) electrons. The number of sulfone groups is 1. The molecule has 0 aliphatic rings. The lowest BCUT2D eigenvalue weighted by atomic mass is 10.2. The molecule has 0 spiro atoms. The molecular formula is C12H18N2O3S. The zero-order chi connectivity index (χ0) is 13.6. The third-order valence-electron chi connectivity index (χ3n) is 2.21. The Balaban J connectivity index is 2.55. The fraction of sp³-hybridized carbons (Fsp3) is 0.417. The van der Waals surface area contributed by atoms with Crippen molar-refractivity contribution < 1.29 is 13.2 Å². The van der Waals surface area contributed by atoms with E-state index >= 15 is 0 Å². The minimum atomic E-state index is -3.29. The quantitative estimate of drug-likeness (QED) is 0.801. The molecule has 0 atom stereocenters. The van der Waals surface area contributed by atoms with Crippen molar-refractivity contribution in [2.24, 2.45) is 0 Å². The van der Waals surface area contributed by atoms with Gasteiger partial charge in [-0.15, -0.1) is 0 Å². The maximum Gasteiger partial charge on any atom is 0.239 e. The molecule has 1 rings (SSSR count). The van der Waals surface area contributed by atoms with Crippen LogP contribution in [-0.2, 0) is 21.2 Å². The van der Waals surface area contributed by atoms with E-state index in [1.807, 2.05) is 19.1 Å². The number of rotatable bonds is 6. The SMILES string of the molecule is CCNCc1ccc(NC(=O)CS(C)(=O)=O)cc1. The van der Waals surface area contributed by atoms with E-state index in [0.717, 1.165) is 24.9 Å². The van der Waals surface area contributed by atoms with Crippen LogP contribution in [0.4, 0.5) is 5.69 Å². The van der Waals surface area contributed by atoms with Gasteiger partial charge in [0.1, 0.15) is 5.75 Å². The number of amides is 1. The van der Waals surface area contributed by atoms with E-state index in [-0.39, 0.29) is 0 Å². The molecule has 6 heteroatoms. The average molecular weight is 270 g/mol. The van der Waals surface area contributed by atoms with Crippen LogP contribution in [0.5, 0.6) is 0 Å². The molecule has 2 N–H and O–H groups in total. The summed E-state index contributed by atoms with van der Waals surface area (Å²) < 4.78 is 21.9. The van der Waals surface area contributed by atoms with Crippen LogP contribution in [0.1, 0.15) is 12.5 Å². The monoisotopic (exact) mass is 270 g/mol. The van der Waals surface area contributed by atoms with Crippen LogP contribution in [0, 0.1) is 0 Å². The zero-order valence-electron chi connectivity index (χ0n) is 10.6. The molecule has 0 unspecified atom stereocenters. The lowest BCUT2D eigenvalue weighted by Gasteiger charge is -2.06. The van der Waals surface area contributed by atoms with Crippen LogP contribution < -0.4 is 10.6 Å². The summed E-state index contributed by atoms with van der Waals surface area (Å²) in [5.41, 5.74) is 1.71. The average Bonchev–Trinajstić information content (AvgIpc) is 2.25. The molecule has 1 aromatic rings. The fourth-order valence-corrected chi connectivity index (χ4v) is 1.96. The molecule has 0 heterocycles. The molecule has 0 bridgehead atoms. The standard InChI is InChI=1S/C12H18N2O3S/c1-3-13-8-10-4-6-11(7-5-10)14-12(15)9-18(2,16)17/h4-7,13H,3,8-9H2,1-2H3,(H,14,15). The minimum absolute atomic E-state index is 0.494. The van der Waals surface area contributed by atoms with E-state index in [1.54, 1.807) is 12.1 Å². The zero-order valence-corrected chi connectivity index (χ0v) is 11.4. The summed E-state index contributed by atoms with van der Waals surface area (Å²) in [7, 11) is -3.29. The van der Waals surface area contributed by atoms with E-state index in [1.165, 1.54) is 0 Å². The van der Waals surface area contributed by atoms with Gasteiger partial charge in [-0.25, -0.2) is 8.42 Å². The first-order chi connectivity index (χ1) is 8.40. The van der Waals surface area contributed by atoms with Gasteiger partial charge in [0.25, 0.3) is 0 Å². The number of benzene rings is 1. The van der Waals surface area contributed by atoms with Gasteiger partial charge < -0.3 is 10.6 Å². The summed E-state index contributed by atoms with van der Waals surface area (Å²) in [6.07, 6.45) is 1.03. The molecule has 5 nitrogen and oxygen atoms in total. The van der Waals surface area contributed by atoms with Crippen LogP contribution in [0.2, 0.25) is 0 Å². The van der Waals surface area contributed by atoms with Crippen LogP contribution in [0.3, 0.4) is 0 Å². The predicted octanol–water partition coefficient (Wildman–Crippen LogP) is 0.779. The predicted molar refractivity (Wildman–Crippen MR) is 72.2 cm³/mol. The highest BCUT2D eigenvalue weighted by atomic mass is 32.2. The van der Waals surface area contributed by atoms with Crippen molar-refractivity contribution in [3.63, 3.8) is 0 Å². The summed E-state index contributed by atoms with van der Waals surface area (Å²) in [6, 6.07) is 7.29. The first-order valence-electron chi connectivity index (χ1n) is 5.68. The summed E-state index contributed by atoms with van der Waals surface area (Å²) >= 11 is 0. The Labute approximate surface area is 108 Å². The summed E-state index contributed by atoms with van der Waals surface area (Å²) in [5.74, 6) is -1.01. The highest BCUT2D eigenvalue weighted by Gasteiger charge is 2.10. The maximum absolute atomic E-state index is 11.4. The van der Waals surface area contributed by atoms with Crippen molar-refractivity contribution in [3.8, 4) is 0 Å². The van der Waals surface area contributed by atoms with Crippen molar-refractivity contribution in [1.29, 1.82) is 0 Å². The lowest BCUT2D eigenvalue weighted by molar-refractivity contribution is -0.113. The molecular weight excluding hydrogens is 252 g/mol. The third kappa shape index (κ3) is 5.79. The van der Waals surface area contributed by atoms with Crippen molar-refractivity contribution in [3.05, 3.63) is 29.8 Å². The number of hydrogen-bond acceptors (Lipinski definition) is 4. The van der Waals surface area contributed by atoms with Crippen molar-refractivity contribution in [2.75, 3.05) is 23.9 Å². The van der Waals surface area contributed by atoms with Crippen LogP contribution >= 0.6 is 0 Å². The Morgan fingerprint density at radius 2 is 1.83 bits per heavy atom. The number of carbonyl (C=O) groups is 1. The van der Waals surface area contributed by atoms with Gasteiger partial charge in [-0.3, -0.25) is 4.79 Å². The largest absolute Gasteiger partial charge is 0.325 e. The molecule has 1 amide bonds. The molecule has 0 saturated heterocycles. The second-order valence-corrected chi connectivity index (χ2v) is 6.24. The normalized spacial score (nSPS) is 11.2.